The van der Waals surface area contributed by atoms with E-state index < -0.39 is 0 Å². The maximum atomic E-state index is 9.21. The van der Waals surface area contributed by atoms with Crippen molar-refractivity contribution in [3.8, 4) is 0 Å². The lowest BCUT2D eigenvalue weighted by Gasteiger charge is -2.28. The fourth-order valence-corrected chi connectivity index (χ4v) is 4.50. The summed E-state index contributed by atoms with van der Waals surface area (Å²) in [6.07, 6.45) is 10.7. The summed E-state index contributed by atoms with van der Waals surface area (Å²) in [7, 11) is 0. The summed E-state index contributed by atoms with van der Waals surface area (Å²) in [4.78, 5) is 0. The Hall–Kier alpha value is -0.240. The number of aliphatic hydroxyl groups excluding tert-OH is 2. The molecule has 178 valence electrons. The Labute approximate surface area is 183 Å². The van der Waals surface area contributed by atoms with Crippen molar-refractivity contribution in [1.82, 2.24) is 0 Å². The Morgan fingerprint density at radius 3 is 1.23 bits per heavy atom. The quantitative estimate of drug-likeness (QED) is 0.301. The molecule has 2 atom stereocenters. The van der Waals surface area contributed by atoms with Crippen molar-refractivity contribution in [2.45, 2.75) is 90.6 Å². The first-order valence-electron chi connectivity index (χ1n) is 12.3. The van der Waals surface area contributed by atoms with E-state index in [9.17, 15) is 10.2 Å². The van der Waals surface area contributed by atoms with Crippen LogP contribution in [0, 0.1) is 23.7 Å². The van der Waals surface area contributed by atoms with E-state index in [4.69, 9.17) is 18.9 Å². The van der Waals surface area contributed by atoms with Crippen LogP contribution in [0.25, 0.3) is 0 Å². The van der Waals surface area contributed by atoms with Gasteiger partial charge in [0.05, 0.1) is 13.2 Å². The zero-order valence-corrected chi connectivity index (χ0v) is 19.3. The van der Waals surface area contributed by atoms with Gasteiger partial charge in [0.15, 0.2) is 12.6 Å². The van der Waals surface area contributed by atoms with Crippen molar-refractivity contribution < 1.29 is 29.2 Å². The molecule has 0 aliphatic heterocycles. The number of hydrogen-bond acceptors (Lipinski definition) is 6. The van der Waals surface area contributed by atoms with Crippen LogP contribution in [0.4, 0.5) is 0 Å². The SMILES string of the molecule is CC(OCCCCOC(C)OCC1CCC(CO)CC1)OCC1CCC(CO)CC1. The lowest BCUT2D eigenvalue weighted by Crippen LogP contribution is -2.24. The summed E-state index contributed by atoms with van der Waals surface area (Å²) in [6.45, 7) is 7.50. The Morgan fingerprint density at radius 2 is 0.900 bits per heavy atom. The van der Waals surface area contributed by atoms with Crippen LogP contribution in [0.15, 0.2) is 0 Å². The molecule has 2 unspecified atom stereocenters. The van der Waals surface area contributed by atoms with Crippen molar-refractivity contribution in [2.24, 2.45) is 23.7 Å². The number of unbranched alkanes of at least 4 members (excludes halogenated alkanes) is 1. The largest absolute Gasteiger partial charge is 0.396 e. The predicted molar refractivity (Wildman–Crippen MR) is 117 cm³/mol. The van der Waals surface area contributed by atoms with Gasteiger partial charge in [0.1, 0.15) is 0 Å². The minimum absolute atomic E-state index is 0.162. The van der Waals surface area contributed by atoms with Crippen LogP contribution in [0.3, 0.4) is 0 Å². The molecule has 0 spiro atoms. The first kappa shape index (κ1) is 26.0. The minimum Gasteiger partial charge on any atom is -0.396 e. The Bertz CT molecular complexity index is 367. The molecule has 0 aromatic carbocycles. The summed E-state index contributed by atoms with van der Waals surface area (Å²) in [5.41, 5.74) is 0. The average Bonchev–Trinajstić information content (AvgIpc) is 2.79. The topological polar surface area (TPSA) is 77.4 Å². The fourth-order valence-electron chi connectivity index (χ4n) is 4.50. The molecular formula is C24H46O6. The molecule has 6 nitrogen and oxygen atoms in total. The van der Waals surface area contributed by atoms with Crippen molar-refractivity contribution in [3.63, 3.8) is 0 Å². The van der Waals surface area contributed by atoms with Crippen molar-refractivity contribution in [1.29, 1.82) is 0 Å². The number of ether oxygens (including phenoxy) is 4. The second-order valence-corrected chi connectivity index (χ2v) is 9.39. The third-order valence-electron chi connectivity index (χ3n) is 6.83. The van der Waals surface area contributed by atoms with Gasteiger partial charge in [-0.2, -0.15) is 0 Å². The molecule has 0 aromatic heterocycles. The molecule has 6 heteroatoms. The molecule has 0 heterocycles. The van der Waals surface area contributed by atoms with E-state index in [1.165, 1.54) is 0 Å². The van der Waals surface area contributed by atoms with Crippen molar-refractivity contribution in [2.75, 3.05) is 39.6 Å². The van der Waals surface area contributed by atoms with E-state index in [0.717, 1.165) is 77.4 Å². The zero-order valence-electron chi connectivity index (χ0n) is 19.3. The highest BCUT2D eigenvalue weighted by molar-refractivity contribution is 4.72. The summed E-state index contributed by atoms with van der Waals surface area (Å²) in [6, 6.07) is 0. The molecular weight excluding hydrogens is 384 g/mol. The molecule has 0 amide bonds. The van der Waals surface area contributed by atoms with E-state index in [0.29, 0.717) is 50.1 Å². The molecule has 2 aliphatic carbocycles. The summed E-state index contributed by atoms with van der Waals surface area (Å²) in [5, 5.41) is 18.4. The molecule has 0 saturated heterocycles. The molecule has 2 fully saturated rings. The average molecular weight is 431 g/mol. The standard InChI is InChI=1S/C24H46O6/c1-19(29-17-23-9-5-21(15-25)6-10-23)27-13-3-4-14-28-20(2)30-18-24-11-7-22(16-26)8-12-24/h19-26H,3-18H2,1-2H3. The number of rotatable bonds is 15. The summed E-state index contributed by atoms with van der Waals surface area (Å²) < 4.78 is 23.2. The van der Waals surface area contributed by atoms with Gasteiger partial charge >= 0.3 is 0 Å². The second-order valence-electron chi connectivity index (χ2n) is 9.39. The predicted octanol–water partition coefficient (Wildman–Crippen LogP) is 4.12. The lowest BCUT2D eigenvalue weighted by atomic mass is 9.83. The molecule has 30 heavy (non-hydrogen) atoms. The van der Waals surface area contributed by atoms with Gasteiger partial charge in [-0.3, -0.25) is 0 Å². The highest BCUT2D eigenvalue weighted by Crippen LogP contribution is 2.29. The number of hydrogen-bond donors (Lipinski definition) is 2. The van der Waals surface area contributed by atoms with Gasteiger partial charge < -0.3 is 29.2 Å². The smallest absolute Gasteiger partial charge is 0.154 e. The highest BCUT2D eigenvalue weighted by atomic mass is 16.7. The van der Waals surface area contributed by atoms with E-state index in [-0.39, 0.29) is 12.6 Å². The molecule has 2 rings (SSSR count). The summed E-state index contributed by atoms with van der Waals surface area (Å²) in [5.74, 6) is 2.21. The van der Waals surface area contributed by atoms with Crippen LogP contribution >= 0.6 is 0 Å². The molecule has 2 aliphatic rings. The minimum atomic E-state index is -0.162. The van der Waals surface area contributed by atoms with Gasteiger partial charge in [0.25, 0.3) is 0 Å². The molecule has 0 bridgehead atoms. The number of aliphatic hydroxyl groups is 2. The molecule has 2 N–H and O–H groups in total. The monoisotopic (exact) mass is 430 g/mol. The Balaban J connectivity index is 1.38. The third kappa shape index (κ3) is 10.9. The van der Waals surface area contributed by atoms with Gasteiger partial charge in [0, 0.05) is 26.4 Å². The van der Waals surface area contributed by atoms with Crippen LogP contribution < -0.4 is 0 Å². The highest BCUT2D eigenvalue weighted by Gasteiger charge is 2.22. The first-order valence-corrected chi connectivity index (χ1v) is 12.3. The van der Waals surface area contributed by atoms with Gasteiger partial charge in [-0.25, -0.2) is 0 Å². The van der Waals surface area contributed by atoms with Crippen molar-refractivity contribution >= 4 is 0 Å². The van der Waals surface area contributed by atoms with Gasteiger partial charge in [-0.15, -0.1) is 0 Å². The Morgan fingerprint density at radius 1 is 0.567 bits per heavy atom. The molecule has 0 aromatic rings. The lowest BCUT2D eigenvalue weighted by molar-refractivity contribution is -0.149. The first-order chi connectivity index (χ1) is 14.6. The van der Waals surface area contributed by atoms with Gasteiger partial charge in [0.2, 0.25) is 0 Å². The zero-order chi connectivity index (χ0) is 21.6. The maximum absolute atomic E-state index is 9.21. The van der Waals surface area contributed by atoms with E-state index in [2.05, 4.69) is 0 Å². The van der Waals surface area contributed by atoms with E-state index in [1.807, 2.05) is 13.8 Å². The second kappa shape index (κ2) is 15.5. The van der Waals surface area contributed by atoms with Crippen LogP contribution in [0.5, 0.6) is 0 Å². The fraction of sp³-hybridized carbons (Fsp3) is 1.00. The Kier molecular flexibility index (Phi) is 13.5. The molecule has 2 saturated carbocycles. The van der Waals surface area contributed by atoms with Crippen LogP contribution in [0.1, 0.15) is 78.1 Å². The third-order valence-corrected chi connectivity index (χ3v) is 6.83. The van der Waals surface area contributed by atoms with E-state index in [1.54, 1.807) is 0 Å². The van der Waals surface area contributed by atoms with E-state index >= 15 is 0 Å². The van der Waals surface area contributed by atoms with Crippen molar-refractivity contribution in [3.05, 3.63) is 0 Å². The summed E-state index contributed by atoms with van der Waals surface area (Å²) >= 11 is 0. The van der Waals surface area contributed by atoms with Crippen LogP contribution in [-0.2, 0) is 18.9 Å². The maximum Gasteiger partial charge on any atom is 0.154 e. The normalized spacial score (nSPS) is 29.6. The van der Waals surface area contributed by atoms with Gasteiger partial charge in [-0.05, 0) is 102 Å². The van der Waals surface area contributed by atoms with Crippen LogP contribution in [0.2, 0.25) is 0 Å². The van der Waals surface area contributed by atoms with Crippen LogP contribution in [-0.4, -0.2) is 62.4 Å². The molecule has 0 radical (unpaired) electrons. The van der Waals surface area contributed by atoms with Gasteiger partial charge in [-0.1, -0.05) is 0 Å².